The molecule has 0 saturated carbocycles. The van der Waals surface area contributed by atoms with Gasteiger partial charge in [0, 0.05) is 32.7 Å². The maximum Gasteiger partial charge on any atom is 0.166 e. The van der Waals surface area contributed by atoms with E-state index < -0.39 is 0 Å². The van der Waals surface area contributed by atoms with Crippen LogP contribution in [0.1, 0.15) is 5.69 Å². The third-order valence-corrected chi connectivity index (χ3v) is 1.96. The second kappa shape index (κ2) is 6.33. The zero-order valence-electron chi connectivity index (χ0n) is 8.04. The predicted octanol–water partition coefficient (Wildman–Crippen LogP) is -0.142. The molecule has 6 heteroatoms. The molecule has 1 aromatic rings. The molecule has 5 nitrogen and oxygen atoms in total. The van der Waals surface area contributed by atoms with Crippen molar-refractivity contribution in [2.75, 3.05) is 20.1 Å². The van der Waals surface area contributed by atoms with E-state index in [2.05, 4.69) is 21.1 Å². The molecular formula is C8H14N4OS. The average molecular weight is 214 g/mol. The first-order chi connectivity index (χ1) is 6.83. The normalized spacial score (nSPS) is 9.79. The fourth-order valence-electron chi connectivity index (χ4n) is 0.898. The monoisotopic (exact) mass is 214 g/mol. The van der Waals surface area contributed by atoms with Gasteiger partial charge in [0.2, 0.25) is 0 Å². The average Bonchev–Trinajstić information content (AvgIpc) is 2.69. The van der Waals surface area contributed by atoms with Crippen molar-refractivity contribution in [2.45, 2.75) is 6.54 Å². The molecule has 0 fully saturated rings. The van der Waals surface area contributed by atoms with Crippen LogP contribution in [0.15, 0.2) is 16.9 Å². The van der Waals surface area contributed by atoms with E-state index in [-0.39, 0.29) is 0 Å². The highest BCUT2D eigenvalue weighted by atomic mass is 32.1. The van der Waals surface area contributed by atoms with Crippen molar-refractivity contribution in [3.63, 3.8) is 0 Å². The number of aromatic nitrogens is 1. The van der Waals surface area contributed by atoms with E-state index in [1.165, 1.54) is 0 Å². The lowest BCUT2D eigenvalue weighted by atomic mass is 10.4. The van der Waals surface area contributed by atoms with Crippen LogP contribution >= 0.6 is 12.2 Å². The molecule has 1 aromatic heterocycles. The number of hydrogen-bond donors (Lipinski definition) is 3. The van der Waals surface area contributed by atoms with Gasteiger partial charge in [0.05, 0.1) is 5.69 Å². The maximum absolute atomic E-state index is 4.91. The third-order valence-electron chi connectivity index (χ3n) is 1.61. The van der Waals surface area contributed by atoms with Gasteiger partial charge in [-0.3, -0.25) is 0 Å². The first-order valence-electron chi connectivity index (χ1n) is 4.38. The minimum Gasteiger partial charge on any atom is -0.366 e. The van der Waals surface area contributed by atoms with Crippen LogP contribution in [0.2, 0.25) is 0 Å². The molecule has 0 atom stereocenters. The smallest absolute Gasteiger partial charge is 0.166 e. The van der Waals surface area contributed by atoms with Crippen LogP contribution < -0.4 is 16.0 Å². The Morgan fingerprint density at radius 1 is 1.57 bits per heavy atom. The first-order valence-corrected chi connectivity index (χ1v) is 4.79. The van der Waals surface area contributed by atoms with Gasteiger partial charge in [-0.1, -0.05) is 5.16 Å². The van der Waals surface area contributed by atoms with E-state index in [1.54, 1.807) is 13.3 Å². The molecule has 1 rings (SSSR count). The van der Waals surface area contributed by atoms with Crippen molar-refractivity contribution in [2.24, 2.45) is 0 Å². The molecule has 0 amide bonds. The molecule has 0 aliphatic rings. The van der Waals surface area contributed by atoms with Gasteiger partial charge < -0.3 is 20.5 Å². The van der Waals surface area contributed by atoms with Crippen LogP contribution in [0.3, 0.4) is 0 Å². The fraction of sp³-hybridized carbons (Fsp3) is 0.500. The Morgan fingerprint density at radius 3 is 3.07 bits per heavy atom. The molecule has 1 heterocycles. The Morgan fingerprint density at radius 2 is 2.43 bits per heavy atom. The standard InChI is InChI=1S/C8H14N4OS/c1-9-8(14)11-4-3-10-6-7-2-5-13-12-7/h2,5,10H,3-4,6H2,1H3,(H2,9,11,14). The highest BCUT2D eigenvalue weighted by Gasteiger charge is 1.95. The van der Waals surface area contributed by atoms with Gasteiger partial charge in [-0.2, -0.15) is 0 Å². The Kier molecular flexibility index (Phi) is 4.95. The second-order valence-corrected chi connectivity index (χ2v) is 3.08. The van der Waals surface area contributed by atoms with Crippen LogP contribution in [-0.4, -0.2) is 30.4 Å². The van der Waals surface area contributed by atoms with Crippen molar-refractivity contribution < 1.29 is 4.52 Å². The number of hydrogen-bond acceptors (Lipinski definition) is 4. The quantitative estimate of drug-likeness (QED) is 0.468. The summed E-state index contributed by atoms with van der Waals surface area (Å²) in [5.74, 6) is 0. The summed E-state index contributed by atoms with van der Waals surface area (Å²) in [4.78, 5) is 0. The van der Waals surface area contributed by atoms with Crippen molar-refractivity contribution in [3.8, 4) is 0 Å². The van der Waals surface area contributed by atoms with Gasteiger partial charge in [0.25, 0.3) is 0 Å². The molecule has 0 aliphatic heterocycles. The Hall–Kier alpha value is -1.14. The second-order valence-electron chi connectivity index (χ2n) is 2.67. The molecule has 0 unspecified atom stereocenters. The van der Waals surface area contributed by atoms with Crippen molar-refractivity contribution in [1.82, 2.24) is 21.1 Å². The summed E-state index contributed by atoms with van der Waals surface area (Å²) < 4.78 is 4.69. The van der Waals surface area contributed by atoms with E-state index >= 15 is 0 Å². The number of nitrogens with zero attached hydrogens (tertiary/aromatic N) is 1. The summed E-state index contributed by atoms with van der Waals surface area (Å²) in [6, 6.07) is 1.83. The van der Waals surface area contributed by atoms with Crippen LogP contribution in [-0.2, 0) is 6.54 Å². The number of rotatable bonds is 5. The number of thiocarbonyl (C=S) groups is 1. The zero-order chi connectivity index (χ0) is 10.2. The number of nitrogens with one attached hydrogen (secondary N) is 3. The minimum atomic E-state index is 0.660. The largest absolute Gasteiger partial charge is 0.366 e. The van der Waals surface area contributed by atoms with E-state index in [0.29, 0.717) is 11.7 Å². The molecule has 0 spiro atoms. The predicted molar refractivity (Wildman–Crippen MR) is 57.9 cm³/mol. The Labute approximate surface area is 88.2 Å². The van der Waals surface area contributed by atoms with Gasteiger partial charge in [0.1, 0.15) is 6.26 Å². The van der Waals surface area contributed by atoms with E-state index in [0.717, 1.165) is 18.8 Å². The lowest BCUT2D eigenvalue weighted by Gasteiger charge is -2.06. The SMILES string of the molecule is CNC(=S)NCCNCc1ccon1. The summed E-state index contributed by atoms with van der Waals surface area (Å²) in [5.41, 5.74) is 0.904. The summed E-state index contributed by atoms with van der Waals surface area (Å²) >= 11 is 4.91. The lowest BCUT2D eigenvalue weighted by molar-refractivity contribution is 0.408. The lowest BCUT2D eigenvalue weighted by Crippen LogP contribution is -2.37. The molecule has 0 aliphatic carbocycles. The van der Waals surface area contributed by atoms with Crippen LogP contribution in [0, 0.1) is 0 Å². The van der Waals surface area contributed by atoms with Crippen LogP contribution in [0.4, 0.5) is 0 Å². The fourth-order valence-corrected chi connectivity index (χ4v) is 1.00. The van der Waals surface area contributed by atoms with E-state index in [4.69, 9.17) is 16.7 Å². The summed E-state index contributed by atoms with van der Waals surface area (Å²) in [5, 5.41) is 13.5. The molecule has 0 radical (unpaired) electrons. The van der Waals surface area contributed by atoms with Gasteiger partial charge in [-0.05, 0) is 12.2 Å². The minimum absolute atomic E-state index is 0.660. The van der Waals surface area contributed by atoms with E-state index in [1.807, 2.05) is 6.07 Å². The molecule has 78 valence electrons. The van der Waals surface area contributed by atoms with Crippen molar-refractivity contribution in [1.29, 1.82) is 0 Å². The molecule has 14 heavy (non-hydrogen) atoms. The van der Waals surface area contributed by atoms with Crippen LogP contribution in [0.5, 0.6) is 0 Å². The molecule has 3 N–H and O–H groups in total. The highest BCUT2D eigenvalue weighted by molar-refractivity contribution is 7.80. The summed E-state index contributed by atoms with van der Waals surface area (Å²) in [6.07, 6.45) is 1.56. The summed E-state index contributed by atoms with van der Waals surface area (Å²) in [7, 11) is 1.79. The summed E-state index contributed by atoms with van der Waals surface area (Å²) in [6.45, 7) is 2.33. The molecule has 0 bridgehead atoms. The topological polar surface area (TPSA) is 62.1 Å². The molecule has 0 saturated heterocycles. The van der Waals surface area contributed by atoms with Gasteiger partial charge >= 0.3 is 0 Å². The first kappa shape index (κ1) is 10.9. The zero-order valence-corrected chi connectivity index (χ0v) is 8.86. The van der Waals surface area contributed by atoms with Gasteiger partial charge in [-0.15, -0.1) is 0 Å². The molecule has 0 aromatic carbocycles. The highest BCUT2D eigenvalue weighted by Crippen LogP contribution is 1.91. The molecular weight excluding hydrogens is 200 g/mol. The van der Waals surface area contributed by atoms with Gasteiger partial charge in [0.15, 0.2) is 5.11 Å². The Bertz CT molecular complexity index is 262. The third kappa shape index (κ3) is 4.20. The Balaban J connectivity index is 1.97. The maximum atomic E-state index is 4.91. The van der Waals surface area contributed by atoms with Crippen molar-refractivity contribution >= 4 is 17.3 Å². The van der Waals surface area contributed by atoms with Gasteiger partial charge in [-0.25, -0.2) is 0 Å². The van der Waals surface area contributed by atoms with Crippen LogP contribution in [0.25, 0.3) is 0 Å². The van der Waals surface area contributed by atoms with Crippen molar-refractivity contribution in [3.05, 3.63) is 18.0 Å². The van der Waals surface area contributed by atoms with E-state index in [9.17, 15) is 0 Å².